The van der Waals surface area contributed by atoms with E-state index in [-0.39, 0.29) is 5.41 Å². The lowest BCUT2D eigenvalue weighted by Gasteiger charge is -2.16. The number of hydrogen-bond acceptors (Lipinski definition) is 3. The number of nitrogens with one attached hydrogen (secondary N) is 1. The summed E-state index contributed by atoms with van der Waals surface area (Å²) in [5, 5.41) is 0. The number of quaternary nitrogens is 1. The van der Waals surface area contributed by atoms with Crippen molar-refractivity contribution in [1.82, 2.24) is 0 Å². The Bertz CT molecular complexity index is 1060. The molecular formula is C32H57F3N2O3S+2. The van der Waals surface area contributed by atoms with Gasteiger partial charge in [0.05, 0.1) is 25.8 Å². The van der Waals surface area contributed by atoms with Gasteiger partial charge in [0.25, 0.3) is 0 Å². The highest BCUT2D eigenvalue weighted by Gasteiger charge is 2.46. The molecule has 9 heteroatoms. The third-order valence-electron chi connectivity index (χ3n) is 5.46. The van der Waals surface area contributed by atoms with Crippen molar-refractivity contribution in [3.05, 3.63) is 84.3 Å². The van der Waals surface area contributed by atoms with E-state index in [0.29, 0.717) is 7.11 Å². The smallest absolute Gasteiger partial charge is 0.308 e. The minimum absolute atomic E-state index is 0.0258. The molecule has 5 nitrogen and oxygen atoms in total. The third kappa shape index (κ3) is 15.9. The highest BCUT2D eigenvalue weighted by molar-refractivity contribution is 7.87. The number of rotatable bonds is 4. The van der Waals surface area contributed by atoms with Crippen molar-refractivity contribution in [3.8, 4) is 0 Å². The fourth-order valence-electron chi connectivity index (χ4n) is 3.26. The number of nitrogens with zero attached hydrogens (tertiary/aromatic N) is 1. The van der Waals surface area contributed by atoms with E-state index in [1.807, 2.05) is 61.5 Å². The van der Waals surface area contributed by atoms with Gasteiger partial charge < -0.3 is 4.90 Å². The molecule has 1 N–H and O–H groups in total. The van der Waals surface area contributed by atoms with E-state index in [1.165, 1.54) is 27.5 Å². The maximum absolute atomic E-state index is 11.1. The minimum atomic E-state index is -5.34. The monoisotopic (exact) mass is 606 g/mol. The Morgan fingerprint density at radius 2 is 1.51 bits per heavy atom. The van der Waals surface area contributed by atoms with E-state index in [9.17, 15) is 21.6 Å². The van der Waals surface area contributed by atoms with Crippen molar-refractivity contribution in [2.75, 3.05) is 27.7 Å². The first-order valence-electron chi connectivity index (χ1n) is 14.2. The summed E-state index contributed by atoms with van der Waals surface area (Å²) in [5.41, 5.74) is -0.195. The molecule has 2 rings (SSSR count). The molecule has 0 aromatic heterocycles. The van der Waals surface area contributed by atoms with Gasteiger partial charge >= 0.3 is 15.6 Å². The Hall–Kier alpha value is -2.49. The predicted molar refractivity (Wildman–Crippen MR) is 172 cm³/mol. The number of hydrogen-bond donors (Lipinski definition) is 1. The van der Waals surface area contributed by atoms with Crippen LogP contribution in [0.5, 0.6) is 0 Å². The molecule has 238 valence electrons. The molecule has 0 spiro atoms. The van der Waals surface area contributed by atoms with E-state index >= 15 is 0 Å². The molecule has 0 aromatic rings. The second kappa shape index (κ2) is 24.1. The van der Waals surface area contributed by atoms with Gasteiger partial charge in [0.1, 0.15) is 13.6 Å². The Morgan fingerprint density at radius 1 is 1.00 bits per heavy atom. The lowest BCUT2D eigenvalue weighted by molar-refractivity contribution is -0.817. The highest BCUT2D eigenvalue weighted by atomic mass is 32.2. The first kappa shape index (κ1) is 45.5. The van der Waals surface area contributed by atoms with Gasteiger partial charge in [-0.3, -0.25) is 4.18 Å². The third-order valence-corrected chi connectivity index (χ3v) is 6.46. The maximum atomic E-state index is 11.1. The first-order chi connectivity index (χ1) is 19.2. The van der Waals surface area contributed by atoms with E-state index in [4.69, 9.17) is 0 Å². The largest absolute Gasteiger partial charge is 0.523 e. The molecule has 0 aliphatic carbocycles. The second-order valence-electron chi connectivity index (χ2n) is 8.05. The van der Waals surface area contributed by atoms with Crippen LogP contribution in [0.15, 0.2) is 84.3 Å². The Labute approximate surface area is 250 Å². The molecule has 1 unspecified atom stereocenters. The fourth-order valence-corrected chi connectivity index (χ4v) is 3.45. The van der Waals surface area contributed by atoms with Crippen LogP contribution in [-0.2, 0) is 14.3 Å². The average molecular weight is 607 g/mol. The van der Waals surface area contributed by atoms with Crippen molar-refractivity contribution in [2.45, 2.75) is 81.7 Å². The molecule has 2 heterocycles. The van der Waals surface area contributed by atoms with Crippen LogP contribution in [0.1, 0.15) is 76.2 Å². The Balaban J connectivity index is -0.000000337. The summed E-state index contributed by atoms with van der Waals surface area (Å²) in [6, 6.07) is 0. The van der Waals surface area contributed by atoms with Gasteiger partial charge in [-0.15, -0.1) is 0 Å². The number of halogens is 3. The Kier molecular flexibility index (Phi) is 26.8. The molecule has 0 fully saturated rings. The zero-order valence-corrected chi connectivity index (χ0v) is 28.7. The van der Waals surface area contributed by atoms with Crippen molar-refractivity contribution in [2.24, 2.45) is 5.41 Å². The number of likely N-dealkylation sites (N-methyl/N-ethyl adjacent to an activating group) is 2. The van der Waals surface area contributed by atoms with Crippen LogP contribution in [0, 0.1) is 5.41 Å². The summed E-state index contributed by atoms with van der Waals surface area (Å²) < 4.78 is 58.1. The van der Waals surface area contributed by atoms with E-state index in [2.05, 4.69) is 105 Å². The number of alkyl halides is 3. The highest BCUT2D eigenvalue weighted by Crippen LogP contribution is 2.36. The van der Waals surface area contributed by atoms with Gasteiger partial charge in [-0.05, 0) is 44.6 Å². The molecule has 1 atom stereocenters. The van der Waals surface area contributed by atoms with Crippen LogP contribution in [0.3, 0.4) is 0 Å². The van der Waals surface area contributed by atoms with Crippen molar-refractivity contribution < 1.29 is 35.2 Å². The quantitative estimate of drug-likeness (QED) is 0.202. The molecule has 2 aliphatic rings. The Morgan fingerprint density at radius 3 is 1.90 bits per heavy atom. The topological polar surface area (TPSA) is 50.8 Å². The van der Waals surface area contributed by atoms with Crippen LogP contribution in [-0.4, -0.2) is 52.0 Å². The summed E-state index contributed by atoms with van der Waals surface area (Å²) in [7, 11) is -0.608. The molecule has 0 saturated heterocycles. The molecule has 0 bridgehead atoms. The standard InChI is InChI=1S/C22H29N2.C2H3F3O3S.4C2H6/c1-7-20-18(2)22(3,4)21(24(20)6)15-14-19-12-9-8-10-16-23(5)17-11-13-19;1-8-9(6,7)2(3,4)5;4*1-2/h7-16H,1,17H2,2-6H3;1H3;4*1-2H3/q+1;;;;;/p+1/b13-11-;;;;;. The number of allylic oxidation sites excluding steroid dienone is 10. The molecule has 0 aromatic carbocycles. The lowest BCUT2D eigenvalue weighted by atomic mass is 9.81. The zero-order chi connectivity index (χ0) is 33.4. The SMILES string of the molecule is C=CC1=C(C)C(C)(C)C(/C=C/C2=C/C=C/C=C\[NH+](C)C/C=C\2)=[N+]1C.CC.CC.CC.CC.COS(=O)(=O)C(F)(F)F. The molecule has 0 saturated carbocycles. The van der Waals surface area contributed by atoms with Crippen LogP contribution in [0.2, 0.25) is 0 Å². The van der Waals surface area contributed by atoms with Gasteiger partial charge in [-0.2, -0.15) is 26.2 Å². The van der Waals surface area contributed by atoms with Gasteiger partial charge in [0.15, 0.2) is 5.71 Å². The van der Waals surface area contributed by atoms with Crippen LogP contribution >= 0.6 is 0 Å². The van der Waals surface area contributed by atoms with Crippen molar-refractivity contribution in [1.29, 1.82) is 0 Å². The summed E-state index contributed by atoms with van der Waals surface area (Å²) in [4.78, 5) is 1.36. The van der Waals surface area contributed by atoms with E-state index in [0.717, 1.165) is 6.54 Å². The van der Waals surface area contributed by atoms with Gasteiger partial charge in [-0.1, -0.05) is 86.3 Å². The fraction of sp³-hybridized carbons (Fsp3) is 0.531. The summed E-state index contributed by atoms with van der Waals surface area (Å²) in [5.74, 6) is 0. The molecule has 41 heavy (non-hydrogen) atoms. The first-order valence-corrected chi connectivity index (χ1v) is 15.6. The normalized spacial score (nSPS) is 21.3. The van der Waals surface area contributed by atoms with Crippen molar-refractivity contribution in [3.63, 3.8) is 0 Å². The van der Waals surface area contributed by atoms with Crippen LogP contribution in [0.25, 0.3) is 0 Å². The second-order valence-corrected chi connectivity index (χ2v) is 9.75. The van der Waals surface area contributed by atoms with Gasteiger partial charge in [0, 0.05) is 17.7 Å². The van der Waals surface area contributed by atoms with Crippen LogP contribution < -0.4 is 4.90 Å². The minimum Gasteiger partial charge on any atom is -0.308 e. The van der Waals surface area contributed by atoms with E-state index in [1.54, 1.807) is 0 Å². The van der Waals surface area contributed by atoms with Gasteiger partial charge in [-0.25, -0.2) is 0 Å². The van der Waals surface area contributed by atoms with Crippen molar-refractivity contribution >= 4 is 15.8 Å². The maximum Gasteiger partial charge on any atom is 0.523 e. The summed E-state index contributed by atoms with van der Waals surface area (Å²) in [6.45, 7) is 27.7. The summed E-state index contributed by atoms with van der Waals surface area (Å²) in [6.07, 6.45) is 21.4. The van der Waals surface area contributed by atoms with Crippen LogP contribution in [0.4, 0.5) is 13.2 Å². The van der Waals surface area contributed by atoms with E-state index < -0.39 is 15.6 Å². The van der Waals surface area contributed by atoms with Gasteiger partial charge in [0.2, 0.25) is 5.70 Å². The summed E-state index contributed by atoms with van der Waals surface area (Å²) >= 11 is 0. The lowest BCUT2D eigenvalue weighted by Crippen LogP contribution is -3.03. The molecular weight excluding hydrogens is 549 g/mol. The zero-order valence-electron chi connectivity index (χ0n) is 27.9. The average Bonchev–Trinajstić information content (AvgIpc) is 3.13. The molecule has 0 radical (unpaired) electrons. The molecule has 2 aliphatic heterocycles. The molecule has 0 amide bonds. The predicted octanol–water partition coefficient (Wildman–Crippen LogP) is 7.79.